The van der Waals surface area contributed by atoms with Crippen LogP contribution in [0.25, 0.3) is 22.3 Å². The maximum atomic E-state index is 13.2. The van der Waals surface area contributed by atoms with Gasteiger partial charge in [0.05, 0.1) is 10.3 Å². The molecular weight excluding hydrogens is 432 g/mol. The number of aromatic nitrogens is 4. The normalized spacial score (nSPS) is 12.4. The van der Waals surface area contributed by atoms with Crippen LogP contribution in [-0.4, -0.2) is 44.5 Å². The summed E-state index contributed by atoms with van der Waals surface area (Å²) in [6.45, 7) is 3.18. The number of thioether (sulfide) groups is 1. The molecule has 2 aromatic carbocycles. The average molecular weight is 455 g/mol. The highest BCUT2D eigenvalue weighted by atomic mass is 35.5. The number of aromatic amines is 1. The number of nitrogens with one attached hydrogen (secondary N) is 1. The van der Waals surface area contributed by atoms with Crippen molar-refractivity contribution in [2.75, 3.05) is 13.7 Å². The Balaban J connectivity index is 1.62. The Kier molecular flexibility index (Phi) is 6.75. The van der Waals surface area contributed by atoms with Crippen LogP contribution in [0.15, 0.2) is 59.9 Å². The summed E-state index contributed by atoms with van der Waals surface area (Å²) in [5.41, 5.74) is 2.45. The molecule has 0 aliphatic heterocycles. The van der Waals surface area contributed by atoms with E-state index in [1.165, 1.54) is 11.8 Å². The molecule has 4 aromatic rings. The Morgan fingerprint density at radius 3 is 2.77 bits per heavy atom. The number of ketones is 1. The molecule has 6 nitrogen and oxygen atoms in total. The number of rotatable bonds is 9. The van der Waals surface area contributed by atoms with Crippen LogP contribution in [0.2, 0.25) is 5.02 Å². The van der Waals surface area contributed by atoms with Crippen molar-refractivity contribution in [1.82, 2.24) is 19.7 Å². The highest BCUT2D eigenvalue weighted by molar-refractivity contribution is 8.00. The SMILES string of the molecule is COCCCn1c(SC(C)C(=O)c2c[nH]c3ccccc23)nnc1-c1ccccc1Cl. The Bertz CT molecular complexity index is 1200. The van der Waals surface area contributed by atoms with Gasteiger partial charge in [-0.1, -0.05) is 53.7 Å². The molecule has 0 bridgehead atoms. The highest BCUT2D eigenvalue weighted by Crippen LogP contribution is 2.32. The number of Topliss-reactive ketones (excluding diaryl/α,β-unsaturated/α-hetero) is 1. The van der Waals surface area contributed by atoms with Crippen LogP contribution >= 0.6 is 23.4 Å². The third-order valence-electron chi connectivity index (χ3n) is 5.07. The molecule has 1 atom stereocenters. The van der Waals surface area contributed by atoms with Crippen molar-refractivity contribution >= 4 is 40.0 Å². The average Bonchev–Trinajstić information content (AvgIpc) is 3.38. The number of benzene rings is 2. The first-order valence-electron chi connectivity index (χ1n) is 10.0. The molecule has 1 unspecified atom stereocenters. The third-order valence-corrected chi connectivity index (χ3v) is 6.48. The first-order chi connectivity index (χ1) is 15.1. The van der Waals surface area contributed by atoms with E-state index in [2.05, 4.69) is 15.2 Å². The second-order valence-corrected chi connectivity index (χ2v) is 8.87. The number of hydrogen-bond acceptors (Lipinski definition) is 5. The van der Waals surface area contributed by atoms with Crippen LogP contribution in [0.1, 0.15) is 23.7 Å². The summed E-state index contributed by atoms with van der Waals surface area (Å²) >= 11 is 7.82. The Labute approximate surface area is 190 Å². The van der Waals surface area contributed by atoms with Gasteiger partial charge in [-0.2, -0.15) is 0 Å². The van der Waals surface area contributed by atoms with Crippen LogP contribution in [-0.2, 0) is 11.3 Å². The van der Waals surface area contributed by atoms with E-state index in [-0.39, 0.29) is 11.0 Å². The smallest absolute Gasteiger partial charge is 0.192 e. The first-order valence-corrected chi connectivity index (χ1v) is 11.3. The summed E-state index contributed by atoms with van der Waals surface area (Å²) in [6.07, 6.45) is 2.58. The second kappa shape index (κ2) is 9.68. The maximum Gasteiger partial charge on any atom is 0.192 e. The lowest BCUT2D eigenvalue weighted by atomic mass is 10.1. The van der Waals surface area contributed by atoms with Gasteiger partial charge in [0, 0.05) is 48.5 Å². The maximum absolute atomic E-state index is 13.2. The number of methoxy groups -OCH3 is 1. The van der Waals surface area contributed by atoms with E-state index in [1.54, 1.807) is 13.3 Å². The van der Waals surface area contributed by atoms with Crippen molar-refractivity contribution in [3.63, 3.8) is 0 Å². The number of H-pyrrole nitrogens is 1. The lowest BCUT2D eigenvalue weighted by molar-refractivity contribution is 0.0995. The van der Waals surface area contributed by atoms with Gasteiger partial charge in [-0.3, -0.25) is 4.79 Å². The van der Waals surface area contributed by atoms with Crippen molar-refractivity contribution in [3.05, 3.63) is 65.3 Å². The zero-order valence-corrected chi connectivity index (χ0v) is 18.9. The minimum absolute atomic E-state index is 0.0492. The monoisotopic (exact) mass is 454 g/mol. The lowest BCUT2D eigenvalue weighted by Crippen LogP contribution is -2.15. The van der Waals surface area contributed by atoms with Crippen LogP contribution in [0.4, 0.5) is 0 Å². The number of carbonyl (C=O) groups is 1. The molecule has 1 N–H and O–H groups in total. The van der Waals surface area contributed by atoms with Gasteiger partial charge in [0.1, 0.15) is 0 Å². The number of fused-ring (bicyclic) bond motifs is 1. The van der Waals surface area contributed by atoms with E-state index >= 15 is 0 Å². The number of hydrogen-bond donors (Lipinski definition) is 1. The van der Waals surface area contributed by atoms with Gasteiger partial charge in [-0.05, 0) is 31.5 Å². The fourth-order valence-corrected chi connectivity index (χ4v) is 4.66. The molecule has 0 saturated heterocycles. The second-order valence-electron chi connectivity index (χ2n) is 7.16. The molecule has 0 saturated carbocycles. The minimum atomic E-state index is -0.330. The molecule has 8 heteroatoms. The molecule has 160 valence electrons. The zero-order valence-electron chi connectivity index (χ0n) is 17.3. The largest absolute Gasteiger partial charge is 0.385 e. The Morgan fingerprint density at radius 1 is 1.19 bits per heavy atom. The number of halogens is 1. The molecule has 0 radical (unpaired) electrons. The van der Waals surface area contributed by atoms with E-state index in [0.29, 0.717) is 34.7 Å². The summed E-state index contributed by atoms with van der Waals surface area (Å²) < 4.78 is 7.23. The number of nitrogens with zero attached hydrogens (tertiary/aromatic N) is 3. The third kappa shape index (κ3) is 4.54. The molecule has 0 aliphatic rings. The van der Waals surface area contributed by atoms with Crippen molar-refractivity contribution < 1.29 is 9.53 Å². The predicted octanol–water partition coefficient (Wildman–Crippen LogP) is 5.48. The Morgan fingerprint density at radius 2 is 1.97 bits per heavy atom. The molecule has 2 heterocycles. The predicted molar refractivity (Wildman–Crippen MR) is 125 cm³/mol. The molecule has 0 spiro atoms. The van der Waals surface area contributed by atoms with E-state index in [1.807, 2.05) is 60.0 Å². The summed E-state index contributed by atoms with van der Waals surface area (Å²) in [6, 6.07) is 15.4. The summed E-state index contributed by atoms with van der Waals surface area (Å²) in [5, 5.41) is 10.7. The standard InChI is InChI=1S/C23H23ClN4O2S/c1-15(21(29)18-14-25-20-11-6-4-8-16(18)20)31-23-27-26-22(28(23)12-7-13-30-2)17-9-3-5-10-19(17)24/h3-6,8-11,14-15,25H,7,12-13H2,1-2H3. The summed E-state index contributed by atoms with van der Waals surface area (Å²) in [4.78, 5) is 16.4. The molecule has 2 aromatic heterocycles. The molecule has 31 heavy (non-hydrogen) atoms. The summed E-state index contributed by atoms with van der Waals surface area (Å²) in [5.74, 6) is 0.740. The van der Waals surface area contributed by atoms with E-state index in [4.69, 9.17) is 16.3 Å². The fraction of sp³-hybridized carbons (Fsp3) is 0.261. The van der Waals surface area contributed by atoms with E-state index in [9.17, 15) is 4.79 Å². The van der Waals surface area contributed by atoms with Crippen molar-refractivity contribution in [2.24, 2.45) is 0 Å². The zero-order chi connectivity index (χ0) is 21.8. The first kappa shape index (κ1) is 21.6. The minimum Gasteiger partial charge on any atom is -0.385 e. The number of para-hydroxylation sites is 1. The van der Waals surface area contributed by atoms with Crippen LogP contribution in [0.3, 0.4) is 0 Å². The highest BCUT2D eigenvalue weighted by Gasteiger charge is 2.24. The van der Waals surface area contributed by atoms with Crippen molar-refractivity contribution in [1.29, 1.82) is 0 Å². The van der Waals surface area contributed by atoms with Crippen LogP contribution < -0.4 is 0 Å². The summed E-state index contributed by atoms with van der Waals surface area (Å²) in [7, 11) is 1.68. The van der Waals surface area contributed by atoms with E-state index < -0.39 is 0 Å². The van der Waals surface area contributed by atoms with Gasteiger partial charge < -0.3 is 14.3 Å². The molecule has 0 fully saturated rings. The van der Waals surface area contributed by atoms with Crippen LogP contribution in [0.5, 0.6) is 0 Å². The van der Waals surface area contributed by atoms with Gasteiger partial charge >= 0.3 is 0 Å². The topological polar surface area (TPSA) is 72.8 Å². The van der Waals surface area contributed by atoms with Gasteiger partial charge in [0.25, 0.3) is 0 Å². The lowest BCUT2D eigenvalue weighted by Gasteiger charge is -2.13. The number of carbonyl (C=O) groups excluding carboxylic acids is 1. The van der Waals surface area contributed by atoms with E-state index in [0.717, 1.165) is 22.9 Å². The molecule has 0 amide bonds. The van der Waals surface area contributed by atoms with Gasteiger partial charge in [-0.15, -0.1) is 10.2 Å². The molecular formula is C23H23ClN4O2S. The van der Waals surface area contributed by atoms with Crippen molar-refractivity contribution in [2.45, 2.75) is 30.3 Å². The van der Waals surface area contributed by atoms with Gasteiger partial charge in [0.2, 0.25) is 0 Å². The Hall–Kier alpha value is -2.61. The quantitative estimate of drug-likeness (QED) is 0.206. The molecule has 4 rings (SSSR count). The fourth-order valence-electron chi connectivity index (χ4n) is 3.49. The molecule has 0 aliphatic carbocycles. The van der Waals surface area contributed by atoms with Crippen molar-refractivity contribution in [3.8, 4) is 11.4 Å². The van der Waals surface area contributed by atoms with Gasteiger partial charge in [-0.25, -0.2) is 0 Å². The van der Waals surface area contributed by atoms with Crippen LogP contribution in [0, 0.1) is 0 Å². The van der Waals surface area contributed by atoms with Gasteiger partial charge in [0.15, 0.2) is 16.8 Å². The number of ether oxygens (including phenoxy) is 1.